The number of anilines is 1. The predicted octanol–water partition coefficient (Wildman–Crippen LogP) is 3.66. The fraction of sp³-hybridized carbons (Fsp3) is 0.429. The van der Waals surface area contributed by atoms with E-state index in [1.807, 2.05) is 30.3 Å². The van der Waals surface area contributed by atoms with E-state index in [9.17, 15) is 0 Å². The summed E-state index contributed by atoms with van der Waals surface area (Å²) in [6, 6.07) is 11.4. The molecule has 1 saturated heterocycles. The molecule has 156 valence electrons. The normalized spacial score (nSPS) is 14.4. The number of hydrogen-bond acceptors (Lipinski definition) is 5. The van der Waals surface area contributed by atoms with E-state index >= 15 is 0 Å². The van der Waals surface area contributed by atoms with Crippen molar-refractivity contribution in [3.05, 3.63) is 53.3 Å². The third-order valence-electron chi connectivity index (χ3n) is 4.79. The minimum absolute atomic E-state index is 0.597. The van der Waals surface area contributed by atoms with E-state index in [0.29, 0.717) is 16.7 Å². The molecular formula is C21H27ClN4O2S. The van der Waals surface area contributed by atoms with Gasteiger partial charge in [0.2, 0.25) is 0 Å². The van der Waals surface area contributed by atoms with Gasteiger partial charge in [-0.25, -0.2) is 0 Å². The molecule has 0 aliphatic carbocycles. The highest BCUT2D eigenvalue weighted by Crippen LogP contribution is 2.27. The Morgan fingerprint density at radius 3 is 2.86 bits per heavy atom. The van der Waals surface area contributed by atoms with Crippen LogP contribution in [-0.4, -0.2) is 66.4 Å². The van der Waals surface area contributed by atoms with E-state index in [1.54, 1.807) is 19.4 Å². The molecule has 0 radical (unpaired) electrons. The SMILES string of the molecule is COc1ccc(Cl)c(NC(=S)N(CCCN2CCOCC2)Cc2ccccn2)c1. The first-order valence-corrected chi connectivity index (χ1v) is 10.5. The largest absolute Gasteiger partial charge is 0.497 e. The van der Waals surface area contributed by atoms with Crippen molar-refractivity contribution >= 4 is 34.6 Å². The summed E-state index contributed by atoms with van der Waals surface area (Å²) in [5, 5.41) is 4.49. The highest BCUT2D eigenvalue weighted by Gasteiger charge is 2.15. The maximum Gasteiger partial charge on any atom is 0.173 e. The van der Waals surface area contributed by atoms with Gasteiger partial charge in [0, 0.05) is 38.4 Å². The van der Waals surface area contributed by atoms with E-state index in [2.05, 4.69) is 20.1 Å². The highest BCUT2D eigenvalue weighted by atomic mass is 35.5. The zero-order valence-electron chi connectivity index (χ0n) is 16.6. The number of nitrogens with one attached hydrogen (secondary N) is 1. The Balaban J connectivity index is 1.65. The summed E-state index contributed by atoms with van der Waals surface area (Å²) in [5.41, 5.74) is 1.70. The van der Waals surface area contributed by atoms with Gasteiger partial charge in [0.15, 0.2) is 5.11 Å². The topological polar surface area (TPSA) is 49.9 Å². The maximum absolute atomic E-state index is 6.34. The van der Waals surface area contributed by atoms with Crippen LogP contribution in [0.1, 0.15) is 12.1 Å². The molecule has 1 aliphatic rings. The van der Waals surface area contributed by atoms with Crippen molar-refractivity contribution < 1.29 is 9.47 Å². The first-order chi connectivity index (χ1) is 14.2. The van der Waals surface area contributed by atoms with Crippen LogP contribution in [-0.2, 0) is 11.3 Å². The lowest BCUT2D eigenvalue weighted by Crippen LogP contribution is -2.40. The summed E-state index contributed by atoms with van der Waals surface area (Å²) in [6.45, 7) is 6.08. The lowest BCUT2D eigenvalue weighted by molar-refractivity contribution is 0.0367. The molecule has 0 atom stereocenters. The second-order valence-electron chi connectivity index (χ2n) is 6.83. The molecule has 1 N–H and O–H groups in total. The van der Waals surface area contributed by atoms with E-state index in [-0.39, 0.29) is 0 Å². The van der Waals surface area contributed by atoms with Crippen LogP contribution in [0.2, 0.25) is 5.02 Å². The molecule has 1 fully saturated rings. The van der Waals surface area contributed by atoms with Crippen LogP contribution in [0, 0.1) is 0 Å². The Hall–Kier alpha value is -1.93. The first-order valence-electron chi connectivity index (χ1n) is 9.75. The molecule has 0 spiro atoms. The number of rotatable bonds is 8. The van der Waals surface area contributed by atoms with Crippen LogP contribution >= 0.6 is 23.8 Å². The molecule has 0 bridgehead atoms. The van der Waals surface area contributed by atoms with Crippen LogP contribution < -0.4 is 10.1 Å². The summed E-state index contributed by atoms with van der Waals surface area (Å²) >= 11 is 12.1. The van der Waals surface area contributed by atoms with Crippen molar-refractivity contribution in [2.45, 2.75) is 13.0 Å². The number of halogens is 1. The lowest BCUT2D eigenvalue weighted by Gasteiger charge is -2.29. The lowest BCUT2D eigenvalue weighted by atomic mass is 10.3. The van der Waals surface area contributed by atoms with E-state index in [1.165, 1.54) is 0 Å². The quantitative estimate of drug-likeness (QED) is 0.636. The van der Waals surface area contributed by atoms with Crippen LogP contribution in [0.15, 0.2) is 42.6 Å². The number of hydrogen-bond donors (Lipinski definition) is 1. The molecule has 0 unspecified atom stereocenters. The number of nitrogens with zero attached hydrogens (tertiary/aromatic N) is 3. The van der Waals surface area contributed by atoms with Crippen molar-refractivity contribution in [1.82, 2.24) is 14.8 Å². The fourth-order valence-corrected chi connectivity index (χ4v) is 3.60. The monoisotopic (exact) mass is 434 g/mol. The number of ether oxygens (including phenoxy) is 2. The Bertz CT molecular complexity index is 788. The van der Waals surface area contributed by atoms with Crippen molar-refractivity contribution in [3.63, 3.8) is 0 Å². The Morgan fingerprint density at radius 2 is 2.14 bits per heavy atom. The molecule has 1 aromatic carbocycles. The zero-order chi connectivity index (χ0) is 20.5. The van der Waals surface area contributed by atoms with E-state index in [4.69, 9.17) is 33.3 Å². The van der Waals surface area contributed by atoms with Gasteiger partial charge in [-0.3, -0.25) is 9.88 Å². The van der Waals surface area contributed by atoms with Gasteiger partial charge in [0.1, 0.15) is 5.75 Å². The Morgan fingerprint density at radius 1 is 1.31 bits per heavy atom. The van der Waals surface area contributed by atoms with Gasteiger partial charge in [-0.1, -0.05) is 17.7 Å². The van der Waals surface area contributed by atoms with E-state index in [0.717, 1.165) is 62.9 Å². The van der Waals surface area contributed by atoms with Crippen molar-refractivity contribution in [3.8, 4) is 5.75 Å². The number of thiocarbonyl (C=S) groups is 1. The summed E-state index contributed by atoms with van der Waals surface area (Å²) in [7, 11) is 1.63. The maximum atomic E-state index is 6.34. The average molecular weight is 435 g/mol. The number of benzene rings is 1. The number of methoxy groups -OCH3 is 1. The summed E-state index contributed by atoms with van der Waals surface area (Å²) in [4.78, 5) is 9.01. The molecule has 29 heavy (non-hydrogen) atoms. The van der Waals surface area contributed by atoms with Gasteiger partial charge in [0.05, 0.1) is 43.3 Å². The predicted molar refractivity (Wildman–Crippen MR) is 121 cm³/mol. The van der Waals surface area contributed by atoms with Crippen molar-refractivity contribution in [1.29, 1.82) is 0 Å². The van der Waals surface area contributed by atoms with Gasteiger partial charge in [-0.05, 0) is 42.9 Å². The Kier molecular flexibility index (Phi) is 8.49. The number of pyridine rings is 1. The molecule has 8 heteroatoms. The first kappa shape index (κ1) is 21.8. The van der Waals surface area contributed by atoms with Gasteiger partial charge in [-0.2, -0.15) is 0 Å². The number of aromatic nitrogens is 1. The second-order valence-corrected chi connectivity index (χ2v) is 7.62. The van der Waals surface area contributed by atoms with Gasteiger partial charge < -0.3 is 19.7 Å². The summed E-state index contributed by atoms with van der Waals surface area (Å²) in [6.07, 6.45) is 2.80. The molecular weight excluding hydrogens is 408 g/mol. The molecule has 2 heterocycles. The van der Waals surface area contributed by atoms with Gasteiger partial charge in [0.25, 0.3) is 0 Å². The van der Waals surface area contributed by atoms with Crippen LogP contribution in [0.25, 0.3) is 0 Å². The minimum Gasteiger partial charge on any atom is -0.497 e. The van der Waals surface area contributed by atoms with Gasteiger partial charge >= 0.3 is 0 Å². The van der Waals surface area contributed by atoms with Gasteiger partial charge in [-0.15, -0.1) is 0 Å². The molecule has 0 saturated carbocycles. The fourth-order valence-electron chi connectivity index (χ4n) is 3.17. The van der Waals surface area contributed by atoms with E-state index < -0.39 is 0 Å². The molecule has 6 nitrogen and oxygen atoms in total. The van der Waals surface area contributed by atoms with Crippen LogP contribution in [0.4, 0.5) is 5.69 Å². The minimum atomic E-state index is 0.597. The molecule has 1 aliphatic heterocycles. The van der Waals surface area contributed by atoms with Crippen LogP contribution in [0.3, 0.4) is 0 Å². The summed E-state index contributed by atoms with van der Waals surface area (Å²) in [5.74, 6) is 0.725. The molecule has 1 aromatic heterocycles. The second kappa shape index (κ2) is 11.3. The molecule has 0 amide bonds. The Labute approximate surface area is 182 Å². The number of morpholine rings is 1. The molecule has 2 aromatic rings. The average Bonchev–Trinajstić information content (AvgIpc) is 2.76. The summed E-state index contributed by atoms with van der Waals surface area (Å²) < 4.78 is 10.7. The van der Waals surface area contributed by atoms with Crippen molar-refractivity contribution in [2.24, 2.45) is 0 Å². The zero-order valence-corrected chi connectivity index (χ0v) is 18.2. The standard InChI is InChI=1S/C21H27ClN4O2S/c1-27-18-6-7-19(22)20(15-18)24-21(29)26(16-17-5-2-3-8-23-17)10-4-9-25-11-13-28-14-12-25/h2-3,5-8,15H,4,9-14,16H2,1H3,(H,24,29). The van der Waals surface area contributed by atoms with Crippen LogP contribution in [0.5, 0.6) is 5.75 Å². The smallest absolute Gasteiger partial charge is 0.173 e. The third kappa shape index (κ3) is 6.82. The highest BCUT2D eigenvalue weighted by molar-refractivity contribution is 7.80. The third-order valence-corrected chi connectivity index (χ3v) is 5.48. The molecule has 3 rings (SSSR count). The van der Waals surface area contributed by atoms with Crippen molar-refractivity contribution in [2.75, 3.05) is 51.8 Å².